The minimum atomic E-state index is -0.757. The van der Waals surface area contributed by atoms with Crippen molar-refractivity contribution in [2.45, 2.75) is 32.2 Å². The van der Waals surface area contributed by atoms with Crippen LogP contribution in [0.3, 0.4) is 0 Å². The average Bonchev–Trinajstić information content (AvgIpc) is 2.65. The Hall–Kier alpha value is -2.27. The highest BCUT2D eigenvalue weighted by atomic mass is 19.1. The van der Waals surface area contributed by atoms with Gasteiger partial charge in [0.1, 0.15) is 11.6 Å². The first-order valence-electron chi connectivity index (χ1n) is 9.07. The minimum Gasteiger partial charge on any atom is -0.322 e. The molecule has 1 atom stereocenters. The molecule has 0 saturated carbocycles. The summed E-state index contributed by atoms with van der Waals surface area (Å²) < 4.78 is 26.7. The van der Waals surface area contributed by atoms with Crippen LogP contribution < -0.4 is 5.32 Å². The van der Waals surface area contributed by atoms with Crippen LogP contribution in [0.4, 0.5) is 14.5 Å². The van der Waals surface area contributed by atoms with E-state index in [1.54, 1.807) is 0 Å². The molecule has 0 aromatic heterocycles. The van der Waals surface area contributed by atoms with Crippen molar-refractivity contribution in [3.63, 3.8) is 0 Å². The van der Waals surface area contributed by atoms with Crippen molar-refractivity contribution in [3.8, 4) is 0 Å². The molecule has 0 bridgehead atoms. The van der Waals surface area contributed by atoms with Gasteiger partial charge in [-0.3, -0.25) is 9.69 Å². The SMILES string of the molecule is C[C@@H](C(=O)Nc1ccc(F)cc1F)N1CCC(Cc2ccccc2)CC1. The van der Waals surface area contributed by atoms with Crippen molar-refractivity contribution in [2.24, 2.45) is 5.92 Å². The highest BCUT2D eigenvalue weighted by Gasteiger charge is 2.27. The van der Waals surface area contributed by atoms with Gasteiger partial charge in [-0.25, -0.2) is 8.78 Å². The second kappa shape index (κ2) is 8.41. The van der Waals surface area contributed by atoms with Crippen molar-refractivity contribution in [1.29, 1.82) is 0 Å². The van der Waals surface area contributed by atoms with E-state index < -0.39 is 11.6 Å². The molecule has 0 spiro atoms. The van der Waals surface area contributed by atoms with Gasteiger partial charge in [-0.1, -0.05) is 30.3 Å². The van der Waals surface area contributed by atoms with Gasteiger partial charge in [-0.05, 0) is 62.9 Å². The molecular weight excluding hydrogens is 334 g/mol. The number of hydrogen-bond acceptors (Lipinski definition) is 2. The highest BCUT2D eigenvalue weighted by Crippen LogP contribution is 2.23. The zero-order valence-corrected chi connectivity index (χ0v) is 14.9. The summed E-state index contributed by atoms with van der Waals surface area (Å²) in [4.78, 5) is 14.5. The summed E-state index contributed by atoms with van der Waals surface area (Å²) in [6.45, 7) is 3.52. The number of likely N-dealkylation sites (tertiary alicyclic amines) is 1. The van der Waals surface area contributed by atoms with Crippen LogP contribution in [0.25, 0.3) is 0 Å². The molecule has 2 aromatic carbocycles. The Bertz CT molecular complexity index is 743. The number of rotatable bonds is 5. The molecule has 1 amide bonds. The lowest BCUT2D eigenvalue weighted by molar-refractivity contribution is -0.121. The molecule has 1 heterocycles. The molecule has 1 saturated heterocycles. The molecule has 3 nitrogen and oxygen atoms in total. The molecule has 0 radical (unpaired) electrons. The molecule has 138 valence electrons. The number of carbonyl (C=O) groups excluding carboxylic acids is 1. The molecular formula is C21H24F2N2O. The first kappa shape index (κ1) is 18.5. The van der Waals surface area contributed by atoms with Gasteiger partial charge in [-0.2, -0.15) is 0 Å². The third-order valence-electron chi connectivity index (χ3n) is 5.13. The molecule has 26 heavy (non-hydrogen) atoms. The number of hydrogen-bond donors (Lipinski definition) is 1. The summed E-state index contributed by atoms with van der Waals surface area (Å²) in [5.74, 6) is -1.06. The molecule has 1 fully saturated rings. The monoisotopic (exact) mass is 358 g/mol. The fourth-order valence-electron chi connectivity index (χ4n) is 3.49. The number of halogens is 2. The van der Waals surface area contributed by atoms with Crippen molar-refractivity contribution < 1.29 is 13.6 Å². The van der Waals surface area contributed by atoms with Crippen molar-refractivity contribution in [2.75, 3.05) is 18.4 Å². The zero-order valence-electron chi connectivity index (χ0n) is 14.9. The molecule has 5 heteroatoms. The number of nitrogens with one attached hydrogen (secondary N) is 1. The van der Waals surface area contributed by atoms with Gasteiger partial charge in [0.05, 0.1) is 11.7 Å². The average molecular weight is 358 g/mol. The van der Waals surface area contributed by atoms with Crippen LogP contribution in [0.1, 0.15) is 25.3 Å². The first-order valence-corrected chi connectivity index (χ1v) is 9.07. The second-order valence-corrected chi connectivity index (χ2v) is 6.96. The Kier molecular flexibility index (Phi) is 5.99. The Morgan fingerprint density at radius 3 is 2.50 bits per heavy atom. The second-order valence-electron chi connectivity index (χ2n) is 6.96. The predicted molar refractivity (Wildman–Crippen MR) is 98.9 cm³/mol. The predicted octanol–water partition coefficient (Wildman–Crippen LogP) is 4.25. The van der Waals surface area contributed by atoms with E-state index in [4.69, 9.17) is 0 Å². The quantitative estimate of drug-likeness (QED) is 0.867. The summed E-state index contributed by atoms with van der Waals surface area (Å²) in [6, 6.07) is 13.3. The lowest BCUT2D eigenvalue weighted by Crippen LogP contribution is -2.46. The first-order chi connectivity index (χ1) is 12.5. The smallest absolute Gasteiger partial charge is 0.241 e. The fraction of sp³-hybridized carbons (Fsp3) is 0.381. The Labute approximate surface area is 153 Å². The van der Waals surface area contributed by atoms with Crippen LogP contribution in [0.2, 0.25) is 0 Å². The number of anilines is 1. The van der Waals surface area contributed by atoms with E-state index in [-0.39, 0.29) is 17.6 Å². The van der Waals surface area contributed by atoms with E-state index in [9.17, 15) is 13.6 Å². The van der Waals surface area contributed by atoms with E-state index in [1.807, 2.05) is 13.0 Å². The third-order valence-corrected chi connectivity index (χ3v) is 5.13. The fourth-order valence-corrected chi connectivity index (χ4v) is 3.49. The van der Waals surface area contributed by atoms with Crippen LogP contribution >= 0.6 is 0 Å². The topological polar surface area (TPSA) is 32.3 Å². The lowest BCUT2D eigenvalue weighted by Gasteiger charge is -2.35. The number of benzene rings is 2. The largest absolute Gasteiger partial charge is 0.322 e. The molecule has 1 N–H and O–H groups in total. The van der Waals surface area contributed by atoms with Gasteiger partial charge in [0.2, 0.25) is 5.91 Å². The molecule has 1 aliphatic heterocycles. The summed E-state index contributed by atoms with van der Waals surface area (Å²) in [6.07, 6.45) is 3.14. The maximum atomic E-state index is 13.7. The Morgan fingerprint density at radius 1 is 1.15 bits per heavy atom. The van der Waals surface area contributed by atoms with Crippen LogP contribution in [0.5, 0.6) is 0 Å². The number of amides is 1. The number of nitrogens with zero attached hydrogens (tertiary/aromatic N) is 1. The Balaban J connectivity index is 1.51. The van der Waals surface area contributed by atoms with Gasteiger partial charge >= 0.3 is 0 Å². The third kappa shape index (κ3) is 4.67. The zero-order chi connectivity index (χ0) is 18.5. The molecule has 2 aromatic rings. The maximum Gasteiger partial charge on any atom is 0.241 e. The maximum absolute atomic E-state index is 13.7. The lowest BCUT2D eigenvalue weighted by atomic mass is 9.89. The van der Waals surface area contributed by atoms with Crippen LogP contribution in [-0.4, -0.2) is 29.9 Å². The number of piperidine rings is 1. The van der Waals surface area contributed by atoms with Crippen LogP contribution in [0.15, 0.2) is 48.5 Å². The summed E-state index contributed by atoms with van der Waals surface area (Å²) in [5, 5.41) is 2.56. The normalized spacial score (nSPS) is 17.0. The highest BCUT2D eigenvalue weighted by molar-refractivity contribution is 5.94. The number of carbonyl (C=O) groups is 1. The van der Waals surface area contributed by atoms with Gasteiger partial charge in [0.15, 0.2) is 0 Å². The van der Waals surface area contributed by atoms with Gasteiger partial charge in [0.25, 0.3) is 0 Å². The molecule has 1 aliphatic rings. The van der Waals surface area contributed by atoms with E-state index in [0.717, 1.165) is 44.5 Å². The minimum absolute atomic E-state index is 0.0159. The summed E-state index contributed by atoms with van der Waals surface area (Å²) in [5.41, 5.74) is 1.37. The summed E-state index contributed by atoms with van der Waals surface area (Å²) in [7, 11) is 0. The van der Waals surface area contributed by atoms with Crippen LogP contribution in [-0.2, 0) is 11.2 Å². The summed E-state index contributed by atoms with van der Waals surface area (Å²) >= 11 is 0. The Morgan fingerprint density at radius 2 is 1.85 bits per heavy atom. The molecule has 0 aliphatic carbocycles. The van der Waals surface area contributed by atoms with E-state index in [1.165, 1.54) is 11.6 Å². The van der Waals surface area contributed by atoms with E-state index in [0.29, 0.717) is 5.92 Å². The molecule has 3 rings (SSSR count). The van der Waals surface area contributed by atoms with Crippen molar-refractivity contribution >= 4 is 11.6 Å². The molecule has 0 unspecified atom stereocenters. The van der Waals surface area contributed by atoms with Gasteiger partial charge < -0.3 is 5.32 Å². The van der Waals surface area contributed by atoms with Crippen molar-refractivity contribution in [3.05, 3.63) is 65.7 Å². The van der Waals surface area contributed by atoms with E-state index in [2.05, 4.69) is 34.5 Å². The standard InChI is InChI=1S/C21H24F2N2O/c1-15(21(26)24-20-8-7-18(22)14-19(20)23)25-11-9-17(10-12-25)13-16-5-3-2-4-6-16/h2-8,14-15,17H,9-13H2,1H3,(H,24,26)/t15-/m0/s1. The van der Waals surface area contributed by atoms with Crippen molar-refractivity contribution in [1.82, 2.24) is 4.90 Å². The van der Waals surface area contributed by atoms with Crippen LogP contribution in [0, 0.1) is 17.6 Å². The van der Waals surface area contributed by atoms with E-state index >= 15 is 0 Å². The van der Waals surface area contributed by atoms with Gasteiger partial charge in [-0.15, -0.1) is 0 Å². The van der Waals surface area contributed by atoms with Gasteiger partial charge in [0, 0.05) is 6.07 Å².